The molecule has 0 bridgehead atoms. The summed E-state index contributed by atoms with van der Waals surface area (Å²) < 4.78 is 0. The third-order valence-corrected chi connectivity index (χ3v) is 1.86. The number of nitrogens with two attached hydrogens (primary N) is 1. The summed E-state index contributed by atoms with van der Waals surface area (Å²) >= 11 is 5.74. The second-order valence-electron chi connectivity index (χ2n) is 2.35. The molecule has 2 N–H and O–H groups in total. The number of allylic oxidation sites excluding steroid dienone is 3. The lowest BCUT2D eigenvalue weighted by molar-refractivity contribution is 0.925. The molecule has 50 valence electrons. The molecule has 0 heterocycles. The van der Waals surface area contributed by atoms with Crippen LogP contribution in [0.2, 0.25) is 0 Å². The number of hydrogen-bond donors (Lipinski definition) is 1. The lowest BCUT2D eigenvalue weighted by atomic mass is 10.1. The van der Waals surface area contributed by atoms with E-state index in [4.69, 9.17) is 17.3 Å². The topological polar surface area (TPSA) is 26.0 Å². The zero-order valence-electron chi connectivity index (χ0n) is 5.45. The van der Waals surface area contributed by atoms with Gasteiger partial charge in [-0.2, -0.15) is 0 Å². The highest BCUT2D eigenvalue weighted by Crippen LogP contribution is 2.22. The average Bonchev–Trinajstić information content (AvgIpc) is 1.80. The van der Waals surface area contributed by atoms with Gasteiger partial charge < -0.3 is 5.73 Å². The first kappa shape index (κ1) is 6.69. The van der Waals surface area contributed by atoms with E-state index in [1.165, 1.54) is 5.57 Å². The summed E-state index contributed by atoms with van der Waals surface area (Å²) in [5.41, 5.74) is 7.59. The van der Waals surface area contributed by atoms with Crippen LogP contribution in [0.3, 0.4) is 0 Å². The summed E-state index contributed by atoms with van der Waals surface area (Å²) in [7, 11) is 0. The van der Waals surface area contributed by atoms with Crippen molar-refractivity contribution in [3.63, 3.8) is 0 Å². The van der Waals surface area contributed by atoms with Gasteiger partial charge in [0, 0.05) is 10.7 Å². The molecular weight excluding hydrogens is 134 g/mol. The van der Waals surface area contributed by atoms with E-state index in [0.29, 0.717) is 0 Å². The summed E-state index contributed by atoms with van der Waals surface area (Å²) in [6, 6.07) is 0. The minimum atomic E-state index is 0.736. The maximum atomic E-state index is 5.74. The molecule has 0 saturated heterocycles. The predicted octanol–water partition coefficient (Wildman–Crippen LogP) is 2.14. The number of rotatable bonds is 0. The molecule has 0 atom stereocenters. The molecule has 1 rings (SSSR count). The van der Waals surface area contributed by atoms with Crippen molar-refractivity contribution in [1.82, 2.24) is 0 Å². The van der Waals surface area contributed by atoms with E-state index >= 15 is 0 Å². The first-order valence-electron chi connectivity index (χ1n) is 3.01. The molecule has 1 aliphatic carbocycles. The molecule has 0 aromatic rings. The van der Waals surface area contributed by atoms with Crippen molar-refractivity contribution in [2.75, 3.05) is 0 Å². The number of halogens is 1. The van der Waals surface area contributed by atoms with Crippen LogP contribution in [0.15, 0.2) is 22.4 Å². The molecule has 0 amide bonds. The summed E-state index contributed by atoms with van der Waals surface area (Å²) in [6.45, 7) is 2.07. The van der Waals surface area contributed by atoms with Gasteiger partial charge in [0.1, 0.15) is 0 Å². The third kappa shape index (κ3) is 1.49. The van der Waals surface area contributed by atoms with E-state index in [1.807, 2.05) is 6.08 Å². The minimum Gasteiger partial charge on any atom is -0.398 e. The Morgan fingerprint density at radius 1 is 1.56 bits per heavy atom. The third-order valence-electron chi connectivity index (χ3n) is 1.45. The molecule has 2 heteroatoms. The molecule has 9 heavy (non-hydrogen) atoms. The first-order chi connectivity index (χ1) is 4.20. The van der Waals surface area contributed by atoms with Gasteiger partial charge in [-0.05, 0) is 25.8 Å². The van der Waals surface area contributed by atoms with Crippen LogP contribution < -0.4 is 5.73 Å². The molecule has 0 aromatic carbocycles. The van der Waals surface area contributed by atoms with Crippen molar-refractivity contribution >= 4 is 11.6 Å². The van der Waals surface area contributed by atoms with E-state index < -0.39 is 0 Å². The lowest BCUT2D eigenvalue weighted by Crippen LogP contribution is -2.01. The fraction of sp³-hybridized carbons (Fsp3) is 0.429. The van der Waals surface area contributed by atoms with E-state index in [0.717, 1.165) is 23.6 Å². The molecule has 0 unspecified atom stereocenters. The molecule has 0 aromatic heterocycles. The van der Waals surface area contributed by atoms with Crippen LogP contribution in [0.25, 0.3) is 0 Å². The van der Waals surface area contributed by atoms with Crippen molar-refractivity contribution < 1.29 is 0 Å². The van der Waals surface area contributed by atoms with Gasteiger partial charge in [-0.3, -0.25) is 0 Å². The lowest BCUT2D eigenvalue weighted by Gasteiger charge is -2.09. The summed E-state index contributed by atoms with van der Waals surface area (Å²) in [5, 5.41) is 0.806. The highest BCUT2D eigenvalue weighted by molar-refractivity contribution is 6.30. The maximum Gasteiger partial charge on any atom is 0.0461 e. The van der Waals surface area contributed by atoms with E-state index in [2.05, 4.69) is 6.92 Å². The average molecular weight is 144 g/mol. The molecule has 0 radical (unpaired) electrons. The van der Waals surface area contributed by atoms with Gasteiger partial charge in [-0.25, -0.2) is 0 Å². The molecule has 0 aliphatic heterocycles. The van der Waals surface area contributed by atoms with Crippen LogP contribution in [0, 0.1) is 0 Å². The van der Waals surface area contributed by atoms with Gasteiger partial charge in [0.05, 0.1) is 0 Å². The zero-order chi connectivity index (χ0) is 6.85. The monoisotopic (exact) mass is 143 g/mol. The van der Waals surface area contributed by atoms with Gasteiger partial charge >= 0.3 is 0 Å². The SMILES string of the molecule is CC1=CC(N)=C(Cl)CC1. The van der Waals surface area contributed by atoms with Crippen molar-refractivity contribution in [3.8, 4) is 0 Å². The summed E-state index contributed by atoms with van der Waals surface area (Å²) in [6.07, 6.45) is 3.90. The molecule has 1 nitrogen and oxygen atoms in total. The van der Waals surface area contributed by atoms with Crippen molar-refractivity contribution in [1.29, 1.82) is 0 Å². The highest BCUT2D eigenvalue weighted by atomic mass is 35.5. The Morgan fingerprint density at radius 2 is 2.22 bits per heavy atom. The highest BCUT2D eigenvalue weighted by Gasteiger charge is 2.04. The Balaban J connectivity index is 2.83. The molecule has 0 saturated carbocycles. The van der Waals surface area contributed by atoms with Crippen LogP contribution in [-0.4, -0.2) is 0 Å². The standard InChI is InChI=1S/C7H10ClN/c1-5-2-3-6(8)7(9)4-5/h4H,2-3,9H2,1H3. The Labute approximate surface area is 60.2 Å². The zero-order valence-corrected chi connectivity index (χ0v) is 6.20. The van der Waals surface area contributed by atoms with E-state index in [9.17, 15) is 0 Å². The Kier molecular flexibility index (Phi) is 1.81. The second kappa shape index (κ2) is 2.44. The quantitative estimate of drug-likeness (QED) is 0.553. The van der Waals surface area contributed by atoms with Gasteiger partial charge in [0.25, 0.3) is 0 Å². The Morgan fingerprint density at radius 3 is 2.67 bits per heavy atom. The van der Waals surface area contributed by atoms with Gasteiger partial charge in [0.15, 0.2) is 0 Å². The largest absolute Gasteiger partial charge is 0.398 e. The van der Waals surface area contributed by atoms with Crippen molar-refractivity contribution in [3.05, 3.63) is 22.4 Å². The van der Waals surface area contributed by atoms with Crippen LogP contribution in [0.5, 0.6) is 0 Å². The fourth-order valence-corrected chi connectivity index (χ4v) is 1.02. The van der Waals surface area contributed by atoms with Crippen LogP contribution in [-0.2, 0) is 0 Å². The Bertz CT molecular complexity index is 179. The van der Waals surface area contributed by atoms with Crippen LogP contribution >= 0.6 is 11.6 Å². The van der Waals surface area contributed by atoms with Crippen LogP contribution in [0.4, 0.5) is 0 Å². The van der Waals surface area contributed by atoms with Crippen LogP contribution in [0.1, 0.15) is 19.8 Å². The minimum absolute atomic E-state index is 0.736. The first-order valence-corrected chi connectivity index (χ1v) is 3.39. The van der Waals surface area contributed by atoms with Gasteiger partial charge in [-0.1, -0.05) is 17.2 Å². The van der Waals surface area contributed by atoms with E-state index in [-0.39, 0.29) is 0 Å². The maximum absolute atomic E-state index is 5.74. The molecule has 0 spiro atoms. The summed E-state index contributed by atoms with van der Waals surface area (Å²) in [5.74, 6) is 0. The van der Waals surface area contributed by atoms with Crippen molar-refractivity contribution in [2.24, 2.45) is 5.73 Å². The molecular formula is C7H10ClN. The second-order valence-corrected chi connectivity index (χ2v) is 2.81. The van der Waals surface area contributed by atoms with Gasteiger partial charge in [0.2, 0.25) is 0 Å². The predicted molar refractivity (Wildman–Crippen MR) is 40.1 cm³/mol. The van der Waals surface area contributed by atoms with Crippen molar-refractivity contribution in [2.45, 2.75) is 19.8 Å². The molecule has 1 aliphatic rings. The summed E-state index contributed by atoms with van der Waals surface area (Å²) in [4.78, 5) is 0. The van der Waals surface area contributed by atoms with Gasteiger partial charge in [-0.15, -0.1) is 0 Å². The molecule has 0 fully saturated rings. The smallest absolute Gasteiger partial charge is 0.0461 e. The fourth-order valence-electron chi connectivity index (χ4n) is 0.867. The van der Waals surface area contributed by atoms with E-state index in [1.54, 1.807) is 0 Å². The number of hydrogen-bond acceptors (Lipinski definition) is 1. The normalized spacial score (nSPS) is 20.0. The Hall–Kier alpha value is -0.430.